The van der Waals surface area contributed by atoms with Crippen LogP contribution in [0.15, 0.2) is 18.2 Å². The molecule has 0 aromatic heterocycles. The van der Waals surface area contributed by atoms with Gasteiger partial charge in [-0.1, -0.05) is 0 Å². The number of halogens is 3. The number of nitriles is 1. The molecular weight excluding hydrogens is 297 g/mol. The second-order valence-corrected chi connectivity index (χ2v) is 5.24. The van der Waals surface area contributed by atoms with Crippen LogP contribution in [-0.2, 0) is 15.7 Å². The molecule has 118 valence electrons. The summed E-state index contributed by atoms with van der Waals surface area (Å²) in [6.45, 7) is 0. The Bertz CT molecular complexity index is 608. The fourth-order valence-corrected chi connectivity index (χ4v) is 2.69. The van der Waals surface area contributed by atoms with Crippen LogP contribution in [0.1, 0.15) is 30.4 Å². The number of hydrogen-bond donors (Lipinski definition) is 1. The third-order valence-electron chi connectivity index (χ3n) is 3.78. The quantitative estimate of drug-likeness (QED) is 0.870. The van der Waals surface area contributed by atoms with Gasteiger partial charge in [-0.05, 0) is 37.5 Å². The molecule has 0 saturated heterocycles. The Morgan fingerprint density at radius 3 is 2.73 bits per heavy atom. The molecule has 2 atom stereocenters. The third kappa shape index (κ3) is 3.50. The smallest absolute Gasteiger partial charge is 0.418 e. The molecule has 0 unspecified atom stereocenters. The van der Waals surface area contributed by atoms with Gasteiger partial charge in [0.1, 0.15) is 0 Å². The Morgan fingerprint density at radius 2 is 2.14 bits per heavy atom. The van der Waals surface area contributed by atoms with Crippen molar-refractivity contribution in [1.29, 1.82) is 5.26 Å². The molecule has 4 nitrogen and oxygen atoms in total. The van der Waals surface area contributed by atoms with Crippen LogP contribution < -0.4 is 5.32 Å². The van der Waals surface area contributed by atoms with Crippen molar-refractivity contribution >= 4 is 11.7 Å². The SMILES string of the molecule is COC(=O)[C@H]1CC[C@@H](Nc2ccc(C#N)cc2C(F)(F)F)C1. The Kier molecular flexibility index (Phi) is 4.59. The van der Waals surface area contributed by atoms with Gasteiger partial charge >= 0.3 is 12.1 Å². The van der Waals surface area contributed by atoms with Crippen LogP contribution in [0.4, 0.5) is 18.9 Å². The van der Waals surface area contributed by atoms with E-state index < -0.39 is 11.7 Å². The molecule has 1 aliphatic carbocycles. The van der Waals surface area contributed by atoms with Gasteiger partial charge in [0.25, 0.3) is 0 Å². The Balaban J connectivity index is 2.17. The molecule has 1 fully saturated rings. The van der Waals surface area contributed by atoms with Crippen molar-refractivity contribution in [1.82, 2.24) is 0 Å². The average Bonchev–Trinajstić information content (AvgIpc) is 2.94. The van der Waals surface area contributed by atoms with Crippen molar-refractivity contribution in [3.8, 4) is 6.07 Å². The molecule has 22 heavy (non-hydrogen) atoms. The second kappa shape index (κ2) is 6.26. The van der Waals surface area contributed by atoms with Gasteiger partial charge in [-0.15, -0.1) is 0 Å². The lowest BCUT2D eigenvalue weighted by Crippen LogP contribution is -2.21. The van der Waals surface area contributed by atoms with E-state index in [1.54, 1.807) is 6.07 Å². The number of carbonyl (C=O) groups is 1. The third-order valence-corrected chi connectivity index (χ3v) is 3.78. The van der Waals surface area contributed by atoms with Crippen molar-refractivity contribution in [3.63, 3.8) is 0 Å². The maximum Gasteiger partial charge on any atom is 0.418 e. The molecule has 0 bridgehead atoms. The van der Waals surface area contributed by atoms with Gasteiger partial charge < -0.3 is 10.1 Å². The predicted octanol–water partition coefficient (Wildman–Crippen LogP) is 3.33. The second-order valence-electron chi connectivity index (χ2n) is 5.24. The molecule has 1 aliphatic rings. The molecule has 0 radical (unpaired) electrons. The maximum atomic E-state index is 13.1. The summed E-state index contributed by atoms with van der Waals surface area (Å²) in [5, 5.41) is 11.6. The monoisotopic (exact) mass is 312 g/mol. The first-order valence-electron chi connectivity index (χ1n) is 6.81. The molecule has 0 spiro atoms. The fraction of sp³-hybridized carbons (Fsp3) is 0.467. The molecular formula is C15H15F3N2O2. The maximum absolute atomic E-state index is 13.1. The van der Waals surface area contributed by atoms with Crippen LogP contribution in [0.25, 0.3) is 0 Å². The van der Waals surface area contributed by atoms with Crippen molar-refractivity contribution in [2.24, 2.45) is 5.92 Å². The summed E-state index contributed by atoms with van der Waals surface area (Å²) < 4.78 is 43.9. The number of methoxy groups -OCH3 is 1. The highest BCUT2D eigenvalue weighted by atomic mass is 19.4. The number of nitrogens with zero attached hydrogens (tertiary/aromatic N) is 1. The lowest BCUT2D eigenvalue weighted by atomic mass is 10.1. The number of ether oxygens (including phenoxy) is 1. The lowest BCUT2D eigenvalue weighted by Gasteiger charge is -2.19. The zero-order chi connectivity index (χ0) is 16.3. The number of benzene rings is 1. The lowest BCUT2D eigenvalue weighted by molar-refractivity contribution is -0.145. The first kappa shape index (κ1) is 16.1. The van der Waals surface area contributed by atoms with Crippen molar-refractivity contribution in [2.75, 3.05) is 12.4 Å². The van der Waals surface area contributed by atoms with E-state index in [2.05, 4.69) is 10.1 Å². The summed E-state index contributed by atoms with van der Waals surface area (Å²) in [5.74, 6) is -0.615. The van der Waals surface area contributed by atoms with Gasteiger partial charge in [0.05, 0.1) is 30.2 Å². The Labute approximate surface area is 125 Å². The van der Waals surface area contributed by atoms with Crippen LogP contribution in [0, 0.1) is 17.2 Å². The van der Waals surface area contributed by atoms with E-state index >= 15 is 0 Å². The zero-order valence-electron chi connectivity index (χ0n) is 11.9. The molecule has 1 aromatic rings. The average molecular weight is 312 g/mol. The molecule has 0 aliphatic heterocycles. The van der Waals surface area contributed by atoms with E-state index in [0.29, 0.717) is 19.3 Å². The Morgan fingerprint density at radius 1 is 1.41 bits per heavy atom. The standard InChI is InChI=1S/C15H15F3N2O2/c1-22-14(21)10-3-4-11(7-10)20-13-5-2-9(8-19)6-12(13)15(16,17)18/h2,5-6,10-11,20H,3-4,7H2,1H3/t10-,11+/m0/s1. The molecule has 2 rings (SSSR count). The highest BCUT2D eigenvalue weighted by molar-refractivity contribution is 5.73. The van der Waals surface area contributed by atoms with Crippen LogP contribution >= 0.6 is 0 Å². The van der Waals surface area contributed by atoms with Gasteiger partial charge in [0, 0.05) is 11.7 Å². The number of carbonyl (C=O) groups excluding carboxylic acids is 1. The van der Waals surface area contributed by atoms with Crippen molar-refractivity contribution in [3.05, 3.63) is 29.3 Å². The van der Waals surface area contributed by atoms with Gasteiger partial charge in [0.15, 0.2) is 0 Å². The van der Waals surface area contributed by atoms with E-state index in [0.717, 1.165) is 6.07 Å². The summed E-state index contributed by atoms with van der Waals surface area (Å²) in [5.41, 5.74) is -0.980. The Hall–Kier alpha value is -2.23. The number of alkyl halides is 3. The van der Waals surface area contributed by atoms with Crippen LogP contribution in [0.2, 0.25) is 0 Å². The van der Waals surface area contributed by atoms with Crippen LogP contribution in [-0.4, -0.2) is 19.1 Å². The predicted molar refractivity (Wildman–Crippen MR) is 72.9 cm³/mol. The summed E-state index contributed by atoms with van der Waals surface area (Å²) >= 11 is 0. The van der Waals surface area contributed by atoms with E-state index in [9.17, 15) is 18.0 Å². The topological polar surface area (TPSA) is 62.1 Å². The minimum atomic E-state index is -4.55. The normalized spacial score (nSPS) is 21.2. The van der Waals surface area contributed by atoms with Gasteiger partial charge in [0.2, 0.25) is 0 Å². The largest absolute Gasteiger partial charge is 0.469 e. The minimum Gasteiger partial charge on any atom is -0.469 e. The van der Waals surface area contributed by atoms with Gasteiger partial charge in [-0.2, -0.15) is 18.4 Å². The molecule has 1 N–H and O–H groups in total. The van der Waals surface area contributed by atoms with Gasteiger partial charge in [-0.3, -0.25) is 4.79 Å². The summed E-state index contributed by atoms with van der Waals surface area (Å²) in [7, 11) is 1.30. The number of nitrogens with one attached hydrogen (secondary N) is 1. The van der Waals surface area contributed by atoms with Crippen molar-refractivity contribution in [2.45, 2.75) is 31.5 Å². The highest BCUT2D eigenvalue weighted by Crippen LogP contribution is 2.37. The number of anilines is 1. The first-order chi connectivity index (χ1) is 10.3. The van der Waals surface area contributed by atoms with Crippen LogP contribution in [0.5, 0.6) is 0 Å². The first-order valence-corrected chi connectivity index (χ1v) is 6.81. The zero-order valence-corrected chi connectivity index (χ0v) is 11.9. The molecule has 1 saturated carbocycles. The summed E-state index contributed by atoms with van der Waals surface area (Å²) in [6.07, 6.45) is -2.93. The molecule has 0 heterocycles. The molecule has 7 heteroatoms. The van der Waals surface area contributed by atoms with E-state index in [-0.39, 0.29) is 29.2 Å². The molecule has 1 aromatic carbocycles. The van der Waals surface area contributed by atoms with Crippen LogP contribution in [0.3, 0.4) is 0 Å². The van der Waals surface area contributed by atoms with E-state index in [1.165, 1.54) is 19.2 Å². The number of esters is 1. The minimum absolute atomic E-state index is 0.0447. The van der Waals surface area contributed by atoms with E-state index in [1.807, 2.05) is 0 Å². The summed E-state index contributed by atoms with van der Waals surface area (Å²) in [4.78, 5) is 11.5. The van der Waals surface area contributed by atoms with Gasteiger partial charge in [-0.25, -0.2) is 0 Å². The fourth-order valence-electron chi connectivity index (χ4n) is 2.69. The number of rotatable bonds is 3. The number of hydrogen-bond acceptors (Lipinski definition) is 4. The van der Waals surface area contributed by atoms with E-state index in [4.69, 9.17) is 5.26 Å². The summed E-state index contributed by atoms with van der Waals surface area (Å²) in [6, 6.07) is 4.90. The molecule has 0 amide bonds. The highest BCUT2D eigenvalue weighted by Gasteiger charge is 2.36. The van der Waals surface area contributed by atoms with Crippen molar-refractivity contribution < 1.29 is 22.7 Å².